The lowest BCUT2D eigenvalue weighted by Crippen LogP contribution is -2.48. The lowest BCUT2D eigenvalue weighted by Gasteiger charge is -2.40. The van der Waals surface area contributed by atoms with Crippen molar-refractivity contribution in [3.63, 3.8) is 0 Å². The topological polar surface area (TPSA) is 180 Å². The smallest absolute Gasteiger partial charge is 0.272 e. The van der Waals surface area contributed by atoms with Crippen LogP contribution in [0.2, 0.25) is 0 Å². The molecule has 4 fully saturated rings. The number of aromatic nitrogens is 3. The van der Waals surface area contributed by atoms with Gasteiger partial charge in [-0.05, 0) is 50.3 Å². The second kappa shape index (κ2) is 15.5. The highest BCUT2D eigenvalue weighted by Crippen LogP contribution is 2.44. The monoisotopic (exact) mass is 739 g/mol. The first-order chi connectivity index (χ1) is 26.1. The van der Waals surface area contributed by atoms with Crippen molar-refractivity contribution >= 4 is 29.1 Å². The van der Waals surface area contributed by atoms with Crippen molar-refractivity contribution in [3.05, 3.63) is 83.0 Å². The third-order valence-electron chi connectivity index (χ3n) is 10.3. The third-order valence-corrected chi connectivity index (χ3v) is 10.3. The molecule has 286 valence electrons. The third kappa shape index (κ3) is 7.91. The molecule has 3 aliphatic heterocycles. The van der Waals surface area contributed by atoms with Gasteiger partial charge in [-0.3, -0.25) is 24.0 Å². The summed E-state index contributed by atoms with van der Waals surface area (Å²) in [5.41, 5.74) is 18.8. The molecule has 15 heteroatoms. The van der Waals surface area contributed by atoms with E-state index in [0.717, 1.165) is 72.7 Å². The molecule has 0 radical (unpaired) electrons. The van der Waals surface area contributed by atoms with Crippen LogP contribution in [0.15, 0.2) is 65.9 Å². The Labute approximate surface area is 314 Å². The van der Waals surface area contributed by atoms with Gasteiger partial charge < -0.3 is 37.2 Å². The molecule has 0 unspecified atom stereocenters. The molecule has 2 aliphatic carbocycles. The Hall–Kier alpha value is -5.44. The van der Waals surface area contributed by atoms with E-state index in [0.29, 0.717) is 37.4 Å². The molecule has 54 heavy (non-hydrogen) atoms. The first-order valence-corrected chi connectivity index (χ1v) is 19.0. The Morgan fingerprint density at radius 2 is 1.74 bits per heavy atom. The average Bonchev–Trinajstić information content (AvgIpc) is 4.09. The Morgan fingerprint density at radius 1 is 0.981 bits per heavy atom. The van der Waals surface area contributed by atoms with E-state index in [1.807, 2.05) is 51.4 Å². The molecule has 2 saturated carbocycles. The number of nitrogens with two attached hydrogens (primary N) is 2. The van der Waals surface area contributed by atoms with Crippen LogP contribution in [0.5, 0.6) is 0 Å². The maximum atomic E-state index is 13.7. The van der Waals surface area contributed by atoms with Gasteiger partial charge in [0, 0.05) is 62.4 Å². The van der Waals surface area contributed by atoms with Gasteiger partial charge in [0.05, 0.1) is 53.8 Å². The van der Waals surface area contributed by atoms with Crippen LogP contribution in [-0.2, 0) is 22.7 Å². The first-order valence-electron chi connectivity index (χ1n) is 19.0. The van der Waals surface area contributed by atoms with Crippen molar-refractivity contribution < 1.29 is 18.8 Å². The van der Waals surface area contributed by atoms with Crippen LogP contribution < -0.4 is 32.3 Å². The number of nitrogens with zero attached hydrogens (tertiary/aromatic N) is 6. The quantitative estimate of drug-likeness (QED) is 0.145. The zero-order valence-electron chi connectivity index (χ0n) is 31.1. The summed E-state index contributed by atoms with van der Waals surface area (Å²) < 4.78 is 15.8. The highest BCUT2D eigenvalue weighted by atomic mass is 19.1. The van der Waals surface area contributed by atoms with Crippen LogP contribution in [0.1, 0.15) is 73.9 Å². The number of carbonyl (C=O) groups excluding carboxylic acids is 3. The number of hydrogen-bond acceptors (Lipinski definition) is 10. The maximum absolute atomic E-state index is 13.7. The molecule has 5 aliphatic rings. The molecule has 3 aromatic rings. The number of fused-ring (bicyclic) bond motifs is 3. The summed E-state index contributed by atoms with van der Waals surface area (Å²) >= 11 is 0. The lowest BCUT2D eigenvalue weighted by molar-refractivity contribution is -0.121. The summed E-state index contributed by atoms with van der Waals surface area (Å²) in [6.07, 6.45) is 6.33. The second-order valence-electron chi connectivity index (χ2n) is 14.6. The van der Waals surface area contributed by atoms with Crippen molar-refractivity contribution in [1.82, 2.24) is 35.2 Å². The van der Waals surface area contributed by atoms with Gasteiger partial charge in [-0.2, -0.15) is 5.10 Å². The highest BCUT2D eigenvalue weighted by molar-refractivity contribution is 5.96. The predicted molar refractivity (Wildman–Crippen MR) is 204 cm³/mol. The van der Waals surface area contributed by atoms with E-state index in [1.165, 1.54) is 11.0 Å². The van der Waals surface area contributed by atoms with E-state index in [9.17, 15) is 18.8 Å². The number of amides is 3. The summed E-state index contributed by atoms with van der Waals surface area (Å²) in [6.45, 7) is 7.32. The number of carbonyl (C=O) groups is 3. The number of hydrogen-bond donors (Lipinski definition) is 5. The van der Waals surface area contributed by atoms with Gasteiger partial charge in [-0.15, -0.1) is 0 Å². The second-order valence-corrected chi connectivity index (χ2v) is 14.6. The number of nitrogens with one attached hydrogen (secondary N) is 3. The fraction of sp³-hybridized carbons (Fsp3) is 0.462. The van der Waals surface area contributed by atoms with E-state index >= 15 is 0 Å². The molecule has 0 bridgehead atoms. The lowest BCUT2D eigenvalue weighted by atomic mass is 9.97. The van der Waals surface area contributed by atoms with Crippen LogP contribution in [-0.4, -0.2) is 87.7 Å². The minimum absolute atomic E-state index is 0.0234. The molecular formula is C39H50FN11O3. The van der Waals surface area contributed by atoms with Crippen LogP contribution in [0.3, 0.4) is 0 Å². The van der Waals surface area contributed by atoms with Crippen LogP contribution in [0.25, 0.3) is 11.1 Å². The largest absolute Gasteiger partial charge is 0.393 e. The fourth-order valence-electron chi connectivity index (χ4n) is 7.19. The molecule has 5 heterocycles. The van der Waals surface area contributed by atoms with Crippen molar-refractivity contribution in [1.29, 1.82) is 0 Å². The first kappa shape index (κ1) is 36.9. The van der Waals surface area contributed by atoms with Gasteiger partial charge in [0.2, 0.25) is 5.91 Å². The summed E-state index contributed by atoms with van der Waals surface area (Å²) in [6, 6.07) is 11.7. The summed E-state index contributed by atoms with van der Waals surface area (Å²) in [4.78, 5) is 48.9. The normalized spacial score (nSPS) is 20.1. The number of likely N-dealkylation sites (tertiary alicyclic amines) is 2. The van der Waals surface area contributed by atoms with Crippen LogP contribution >= 0.6 is 0 Å². The van der Waals surface area contributed by atoms with Crippen LogP contribution in [0.4, 0.5) is 15.8 Å². The minimum Gasteiger partial charge on any atom is -0.393 e. The molecule has 7 N–H and O–H groups in total. The van der Waals surface area contributed by atoms with Crippen LogP contribution in [0, 0.1) is 5.92 Å². The number of halogens is 1. The van der Waals surface area contributed by atoms with E-state index in [1.54, 1.807) is 6.07 Å². The van der Waals surface area contributed by atoms with Crippen molar-refractivity contribution in [2.45, 2.75) is 77.3 Å². The Balaban J connectivity index is 0.00000221. The number of alkyl halides is 1. The van der Waals surface area contributed by atoms with Gasteiger partial charge in [-0.1, -0.05) is 32.0 Å². The Kier molecular flexibility index (Phi) is 10.6. The van der Waals surface area contributed by atoms with Gasteiger partial charge in [0.15, 0.2) is 0 Å². The number of pyridine rings is 1. The van der Waals surface area contributed by atoms with E-state index in [4.69, 9.17) is 16.6 Å². The van der Waals surface area contributed by atoms with Gasteiger partial charge in [-0.25, -0.2) is 9.37 Å². The van der Waals surface area contributed by atoms with E-state index < -0.39 is 12.1 Å². The number of anilines is 2. The number of rotatable bonds is 11. The fourth-order valence-corrected chi connectivity index (χ4v) is 7.19. The highest BCUT2D eigenvalue weighted by Gasteiger charge is 2.35. The average molecular weight is 740 g/mol. The molecule has 2 aromatic heterocycles. The molecule has 8 rings (SSSR count). The van der Waals surface area contributed by atoms with E-state index in [2.05, 4.69) is 41.5 Å². The Bertz CT molecular complexity index is 1980. The minimum atomic E-state index is -0.967. The molecule has 3 amide bonds. The molecule has 1 atom stereocenters. The number of benzene rings is 1. The Morgan fingerprint density at radius 3 is 2.44 bits per heavy atom. The summed E-state index contributed by atoms with van der Waals surface area (Å²) in [5, 5.41) is 13.9. The van der Waals surface area contributed by atoms with Crippen molar-refractivity contribution in [3.8, 4) is 11.1 Å². The standard InChI is InChI=1S/C37H44FN11O3.C2H6/c1-46-20-31-27(15-41-49(31)25-18-47(19-25)17-24-4-2-7-29(42-24)37(52)48-13-12-22(38)16-48)26-5-3-6-28(34(26)46)44-30(33(40)36(51)43-23-10-11-23)14-32(39)45-35(50)21-8-9-21;1-2/h2-7,14-15,21-23,25,44H,8-13,16-20,39-40H2,1H3,(H,43,51)(H,45,50);1-2H3/b32-14+,33-30+;/t22-;/m0./s1. The SMILES string of the molecule is CC.CN1Cc2c(cnn2C2CN(Cc3cccc(C(=O)N4CC[C@H](F)C4)n3)C2)-c2cccc(NC(/C=C(\N)NC(=O)C3CC3)=C(/N)C(=O)NC3CC3)c21. The molecular weight excluding hydrogens is 690 g/mol. The molecule has 0 spiro atoms. The maximum Gasteiger partial charge on any atom is 0.272 e. The predicted octanol–water partition coefficient (Wildman–Crippen LogP) is 3.35. The van der Waals surface area contributed by atoms with Crippen molar-refractivity contribution in [2.75, 3.05) is 43.4 Å². The van der Waals surface area contributed by atoms with Gasteiger partial charge in [0.1, 0.15) is 23.4 Å². The van der Waals surface area contributed by atoms with Gasteiger partial charge in [0.25, 0.3) is 11.8 Å². The molecule has 2 saturated heterocycles. The zero-order valence-corrected chi connectivity index (χ0v) is 31.1. The summed E-state index contributed by atoms with van der Waals surface area (Å²) in [5.74, 6) is -0.682. The zero-order chi connectivity index (χ0) is 38.1. The molecule has 14 nitrogen and oxygen atoms in total. The van der Waals surface area contributed by atoms with Gasteiger partial charge >= 0.3 is 0 Å². The van der Waals surface area contributed by atoms with Crippen molar-refractivity contribution in [2.24, 2.45) is 17.4 Å². The van der Waals surface area contributed by atoms with E-state index in [-0.39, 0.29) is 47.9 Å². The number of allylic oxidation sites excluding steroid dienone is 1. The molecule has 1 aromatic carbocycles. The number of para-hydroxylation sites is 1. The summed E-state index contributed by atoms with van der Waals surface area (Å²) in [7, 11) is 2.01.